The van der Waals surface area contributed by atoms with Crippen LogP contribution < -0.4 is 5.32 Å². The minimum Gasteiger partial charge on any atom is -0.478 e. The normalized spacial score (nSPS) is 10.1. The fourth-order valence-corrected chi connectivity index (χ4v) is 1.45. The number of hydrogen-bond donors (Lipinski definition) is 2. The third-order valence-electron chi connectivity index (χ3n) is 2.45. The Bertz CT molecular complexity index is 672. The Labute approximate surface area is 111 Å². The number of hydrogen-bond acceptors (Lipinski definition) is 3. The van der Waals surface area contributed by atoms with E-state index in [9.17, 15) is 18.4 Å². The second-order valence-corrected chi connectivity index (χ2v) is 3.82. The Balaban J connectivity index is 2.19. The lowest BCUT2D eigenvalue weighted by Gasteiger charge is -2.06. The molecule has 2 rings (SSSR count). The summed E-state index contributed by atoms with van der Waals surface area (Å²) in [4.78, 5) is 25.7. The van der Waals surface area contributed by atoms with Gasteiger partial charge in [-0.25, -0.2) is 14.2 Å². The summed E-state index contributed by atoms with van der Waals surface area (Å²) in [5.41, 5.74) is -0.360. The van der Waals surface area contributed by atoms with Crippen LogP contribution in [-0.4, -0.2) is 22.0 Å². The van der Waals surface area contributed by atoms with Crippen molar-refractivity contribution in [2.24, 2.45) is 0 Å². The van der Waals surface area contributed by atoms with E-state index >= 15 is 0 Å². The van der Waals surface area contributed by atoms with Gasteiger partial charge in [-0.3, -0.25) is 4.79 Å². The van der Waals surface area contributed by atoms with Gasteiger partial charge < -0.3 is 10.4 Å². The van der Waals surface area contributed by atoms with Gasteiger partial charge in [-0.2, -0.15) is 4.39 Å². The van der Waals surface area contributed by atoms with Gasteiger partial charge in [0.1, 0.15) is 5.82 Å². The van der Waals surface area contributed by atoms with Crippen LogP contribution in [0.2, 0.25) is 0 Å². The van der Waals surface area contributed by atoms with E-state index in [-0.39, 0.29) is 16.8 Å². The van der Waals surface area contributed by atoms with Gasteiger partial charge in [0.15, 0.2) is 0 Å². The molecule has 0 aliphatic rings. The molecule has 0 unspecified atom stereocenters. The molecule has 0 saturated carbocycles. The molecule has 2 aromatic rings. The molecule has 0 aliphatic heterocycles. The minimum absolute atomic E-state index is 0.0492. The summed E-state index contributed by atoms with van der Waals surface area (Å²) in [5, 5.41) is 10.9. The molecular weight excluding hydrogens is 270 g/mol. The van der Waals surface area contributed by atoms with Gasteiger partial charge in [0.05, 0.1) is 16.8 Å². The highest BCUT2D eigenvalue weighted by molar-refractivity contribution is 6.04. The summed E-state index contributed by atoms with van der Waals surface area (Å²) in [5.74, 6) is -3.57. The summed E-state index contributed by atoms with van der Waals surface area (Å²) >= 11 is 0. The first-order chi connectivity index (χ1) is 9.47. The Morgan fingerprint density at radius 1 is 1.10 bits per heavy atom. The number of halogens is 2. The van der Waals surface area contributed by atoms with Crippen molar-refractivity contribution < 1.29 is 23.5 Å². The monoisotopic (exact) mass is 278 g/mol. The van der Waals surface area contributed by atoms with Crippen molar-refractivity contribution in [1.82, 2.24) is 4.98 Å². The second-order valence-electron chi connectivity index (χ2n) is 3.82. The lowest BCUT2D eigenvalue weighted by atomic mass is 10.2. The third-order valence-corrected chi connectivity index (χ3v) is 2.45. The molecule has 1 amide bonds. The summed E-state index contributed by atoms with van der Waals surface area (Å²) in [6, 6.07) is 5.28. The topological polar surface area (TPSA) is 79.3 Å². The maximum atomic E-state index is 13.6. The predicted molar refractivity (Wildman–Crippen MR) is 65.5 cm³/mol. The van der Waals surface area contributed by atoms with E-state index in [4.69, 9.17) is 5.11 Å². The van der Waals surface area contributed by atoms with E-state index < -0.39 is 23.6 Å². The van der Waals surface area contributed by atoms with Crippen LogP contribution in [-0.2, 0) is 0 Å². The molecule has 0 fully saturated rings. The van der Waals surface area contributed by atoms with E-state index in [1.807, 2.05) is 0 Å². The van der Waals surface area contributed by atoms with Crippen molar-refractivity contribution in [3.8, 4) is 0 Å². The third kappa shape index (κ3) is 2.94. The molecule has 0 radical (unpaired) electrons. The smallest absolute Gasteiger partial charge is 0.335 e. The summed E-state index contributed by atoms with van der Waals surface area (Å²) in [7, 11) is 0. The van der Waals surface area contributed by atoms with Crippen LogP contribution in [0.25, 0.3) is 0 Å². The molecular formula is C13H8F2N2O3. The predicted octanol–water partition coefficient (Wildman–Crippen LogP) is 2.31. The average molecular weight is 278 g/mol. The first-order valence-electron chi connectivity index (χ1n) is 5.43. The molecule has 0 spiro atoms. The zero-order valence-corrected chi connectivity index (χ0v) is 9.93. The molecule has 0 bridgehead atoms. The standard InChI is InChI=1S/C13H8F2N2O3/c14-9-5-7(13(19)20)1-3-10(9)17-12(18)8-2-4-11(15)16-6-8/h1-6H,(H,17,18)(H,19,20). The lowest BCUT2D eigenvalue weighted by molar-refractivity contribution is 0.0696. The highest BCUT2D eigenvalue weighted by Gasteiger charge is 2.12. The van der Waals surface area contributed by atoms with Crippen LogP contribution in [0, 0.1) is 11.8 Å². The molecule has 0 atom stereocenters. The Morgan fingerprint density at radius 3 is 2.35 bits per heavy atom. The number of carboxylic acid groups (broad SMARTS) is 1. The van der Waals surface area contributed by atoms with E-state index in [2.05, 4.69) is 10.3 Å². The van der Waals surface area contributed by atoms with Crippen molar-refractivity contribution in [1.29, 1.82) is 0 Å². The van der Waals surface area contributed by atoms with Crippen molar-refractivity contribution in [3.63, 3.8) is 0 Å². The minimum atomic E-state index is -1.27. The quantitative estimate of drug-likeness (QED) is 0.844. The van der Waals surface area contributed by atoms with Crippen LogP contribution in [0.4, 0.5) is 14.5 Å². The van der Waals surface area contributed by atoms with Crippen LogP contribution >= 0.6 is 0 Å². The molecule has 0 aliphatic carbocycles. The average Bonchev–Trinajstić information content (AvgIpc) is 2.41. The first kappa shape index (κ1) is 13.6. The van der Waals surface area contributed by atoms with Gasteiger partial charge in [0.2, 0.25) is 5.95 Å². The van der Waals surface area contributed by atoms with Crippen LogP contribution in [0.15, 0.2) is 36.5 Å². The van der Waals surface area contributed by atoms with E-state index in [1.54, 1.807) is 0 Å². The number of carboxylic acids is 1. The van der Waals surface area contributed by atoms with Crippen molar-refractivity contribution >= 4 is 17.6 Å². The Hall–Kier alpha value is -2.83. The van der Waals surface area contributed by atoms with E-state index in [1.165, 1.54) is 6.07 Å². The number of aromatic nitrogens is 1. The van der Waals surface area contributed by atoms with Gasteiger partial charge in [0.25, 0.3) is 5.91 Å². The Kier molecular flexibility index (Phi) is 3.69. The van der Waals surface area contributed by atoms with E-state index in [0.29, 0.717) is 0 Å². The van der Waals surface area contributed by atoms with E-state index in [0.717, 1.165) is 30.5 Å². The Morgan fingerprint density at radius 2 is 1.80 bits per heavy atom. The number of nitrogens with one attached hydrogen (secondary N) is 1. The van der Waals surface area contributed by atoms with Gasteiger partial charge >= 0.3 is 5.97 Å². The van der Waals surface area contributed by atoms with Gasteiger partial charge in [-0.15, -0.1) is 0 Å². The molecule has 2 N–H and O–H groups in total. The molecule has 1 aromatic carbocycles. The highest BCUT2D eigenvalue weighted by Crippen LogP contribution is 2.17. The van der Waals surface area contributed by atoms with Gasteiger partial charge in [-0.05, 0) is 30.3 Å². The number of nitrogens with zero attached hydrogens (tertiary/aromatic N) is 1. The highest BCUT2D eigenvalue weighted by atomic mass is 19.1. The maximum Gasteiger partial charge on any atom is 0.335 e. The zero-order valence-electron chi connectivity index (χ0n) is 9.93. The molecule has 20 heavy (non-hydrogen) atoms. The number of carbonyl (C=O) groups excluding carboxylic acids is 1. The number of benzene rings is 1. The lowest BCUT2D eigenvalue weighted by Crippen LogP contribution is -2.13. The number of amides is 1. The molecule has 0 saturated heterocycles. The molecule has 1 heterocycles. The van der Waals surface area contributed by atoms with Crippen LogP contribution in [0.5, 0.6) is 0 Å². The molecule has 5 nitrogen and oxygen atoms in total. The molecule has 102 valence electrons. The van der Waals surface area contributed by atoms with Crippen molar-refractivity contribution in [2.75, 3.05) is 5.32 Å². The zero-order chi connectivity index (χ0) is 14.7. The summed E-state index contributed by atoms with van der Waals surface area (Å²) in [6.07, 6.45) is 1.01. The fraction of sp³-hybridized carbons (Fsp3) is 0. The number of aromatic carboxylic acids is 1. The fourth-order valence-electron chi connectivity index (χ4n) is 1.45. The molecule has 7 heteroatoms. The summed E-state index contributed by atoms with van der Waals surface area (Å²) in [6.45, 7) is 0. The second kappa shape index (κ2) is 5.43. The van der Waals surface area contributed by atoms with Crippen LogP contribution in [0.1, 0.15) is 20.7 Å². The number of carbonyl (C=O) groups is 2. The summed E-state index contributed by atoms with van der Waals surface area (Å²) < 4.78 is 26.2. The number of rotatable bonds is 3. The number of pyridine rings is 1. The number of anilines is 1. The molecule has 1 aromatic heterocycles. The van der Waals surface area contributed by atoms with Gasteiger partial charge in [-0.1, -0.05) is 0 Å². The largest absolute Gasteiger partial charge is 0.478 e. The van der Waals surface area contributed by atoms with Crippen LogP contribution in [0.3, 0.4) is 0 Å². The first-order valence-corrected chi connectivity index (χ1v) is 5.43. The SMILES string of the molecule is O=C(O)c1ccc(NC(=O)c2ccc(F)nc2)c(F)c1. The maximum absolute atomic E-state index is 13.6. The van der Waals surface area contributed by atoms with Crippen molar-refractivity contribution in [3.05, 3.63) is 59.4 Å². The van der Waals surface area contributed by atoms with Gasteiger partial charge in [0, 0.05) is 6.20 Å². The van der Waals surface area contributed by atoms with Crippen molar-refractivity contribution in [2.45, 2.75) is 0 Å².